The number of hydrogen-bond donors (Lipinski definition) is 1. The Morgan fingerprint density at radius 1 is 1.47 bits per heavy atom. The number of rotatable bonds is 3. The van der Waals surface area contributed by atoms with E-state index in [-0.39, 0.29) is 24.3 Å². The highest BCUT2D eigenvalue weighted by molar-refractivity contribution is 5.97. The number of β-amino-alcohol motifs (C(OH)–C–C–N with tert-alkyl or cyclic N) is 1. The minimum atomic E-state index is -0.657. The number of nitrogens with zero attached hydrogens (tertiary/aromatic N) is 2. The Hall–Kier alpha value is -0.940. The Bertz CT molecular complexity index is 335. The van der Waals surface area contributed by atoms with Crippen LogP contribution >= 0.6 is 0 Å². The lowest BCUT2D eigenvalue weighted by molar-refractivity contribution is -0.152. The summed E-state index contributed by atoms with van der Waals surface area (Å²) < 4.78 is 0. The van der Waals surface area contributed by atoms with Crippen LogP contribution in [0, 0.1) is 5.92 Å². The van der Waals surface area contributed by atoms with Crippen molar-refractivity contribution in [3.63, 3.8) is 0 Å². The first-order valence-electron chi connectivity index (χ1n) is 6.20. The molecule has 1 N–H and O–H groups in total. The molecule has 96 valence electrons. The van der Waals surface area contributed by atoms with Gasteiger partial charge in [-0.15, -0.1) is 0 Å². The summed E-state index contributed by atoms with van der Waals surface area (Å²) in [5, 5.41) is 10.1. The molecular formula is C12H20N2O3. The van der Waals surface area contributed by atoms with E-state index in [1.54, 1.807) is 0 Å². The van der Waals surface area contributed by atoms with Crippen molar-refractivity contribution in [3.8, 4) is 0 Å². The molecule has 0 unspecified atom stereocenters. The predicted molar refractivity (Wildman–Crippen MR) is 62.2 cm³/mol. The lowest BCUT2D eigenvalue weighted by atomic mass is 9.83. The third-order valence-corrected chi connectivity index (χ3v) is 3.80. The van der Waals surface area contributed by atoms with Gasteiger partial charge >= 0.3 is 0 Å². The molecular weight excluding hydrogens is 220 g/mol. The van der Waals surface area contributed by atoms with Crippen molar-refractivity contribution in [2.75, 3.05) is 26.2 Å². The smallest absolute Gasteiger partial charge is 0.243 e. The fraction of sp³-hybridized carbons (Fsp3) is 0.833. The first-order valence-corrected chi connectivity index (χ1v) is 6.20. The molecule has 0 saturated carbocycles. The first-order chi connectivity index (χ1) is 7.92. The highest BCUT2D eigenvalue weighted by Crippen LogP contribution is 2.28. The van der Waals surface area contributed by atoms with Gasteiger partial charge in [0.1, 0.15) is 0 Å². The monoisotopic (exact) mass is 240 g/mol. The van der Waals surface area contributed by atoms with E-state index < -0.39 is 5.60 Å². The second-order valence-electron chi connectivity index (χ2n) is 5.45. The lowest BCUT2D eigenvalue weighted by Gasteiger charge is -2.49. The van der Waals surface area contributed by atoms with Crippen molar-refractivity contribution in [2.24, 2.45) is 5.92 Å². The van der Waals surface area contributed by atoms with Crippen molar-refractivity contribution < 1.29 is 14.7 Å². The number of carbonyl (C=O) groups excluding carboxylic acids is 2. The Morgan fingerprint density at radius 3 is 2.59 bits per heavy atom. The Labute approximate surface area is 101 Å². The summed E-state index contributed by atoms with van der Waals surface area (Å²) in [5.41, 5.74) is -0.657. The third kappa shape index (κ3) is 2.35. The van der Waals surface area contributed by atoms with E-state index in [4.69, 9.17) is 0 Å². The topological polar surface area (TPSA) is 60.9 Å². The molecule has 0 bridgehead atoms. The summed E-state index contributed by atoms with van der Waals surface area (Å²) in [7, 11) is 0. The van der Waals surface area contributed by atoms with E-state index in [9.17, 15) is 14.7 Å². The van der Waals surface area contributed by atoms with Gasteiger partial charge in [0.25, 0.3) is 0 Å². The van der Waals surface area contributed by atoms with Crippen LogP contribution < -0.4 is 0 Å². The number of carbonyl (C=O) groups is 2. The summed E-state index contributed by atoms with van der Waals surface area (Å²) in [4.78, 5) is 26.4. The predicted octanol–water partition coefficient (Wildman–Crippen LogP) is -0.162. The van der Waals surface area contributed by atoms with Crippen LogP contribution in [0.2, 0.25) is 0 Å². The SMILES string of the molecule is CC(C)C1(O)CN(CC(=O)N2CCCC2=O)C1. The molecule has 0 spiro atoms. The largest absolute Gasteiger partial charge is 0.387 e. The maximum Gasteiger partial charge on any atom is 0.243 e. The van der Waals surface area contributed by atoms with E-state index in [0.29, 0.717) is 26.1 Å². The van der Waals surface area contributed by atoms with E-state index in [0.717, 1.165) is 6.42 Å². The molecule has 2 heterocycles. The molecule has 0 aromatic heterocycles. The number of likely N-dealkylation sites (tertiary alicyclic amines) is 2. The Kier molecular flexibility index (Phi) is 3.23. The van der Waals surface area contributed by atoms with Crippen LogP contribution in [-0.4, -0.2) is 58.5 Å². The molecule has 0 radical (unpaired) electrons. The van der Waals surface area contributed by atoms with Crippen LogP contribution in [0.3, 0.4) is 0 Å². The van der Waals surface area contributed by atoms with Crippen LogP contribution in [0.25, 0.3) is 0 Å². The molecule has 0 aromatic rings. The first kappa shape index (κ1) is 12.5. The number of amides is 2. The molecule has 2 fully saturated rings. The Balaban J connectivity index is 1.80. The molecule has 0 aromatic carbocycles. The minimum Gasteiger partial charge on any atom is -0.387 e. The third-order valence-electron chi connectivity index (χ3n) is 3.80. The van der Waals surface area contributed by atoms with Gasteiger partial charge in [0.05, 0.1) is 12.1 Å². The molecule has 0 aliphatic carbocycles. The van der Waals surface area contributed by atoms with Crippen molar-refractivity contribution in [3.05, 3.63) is 0 Å². The normalized spacial score (nSPS) is 24.2. The van der Waals surface area contributed by atoms with Crippen LogP contribution in [0.15, 0.2) is 0 Å². The Morgan fingerprint density at radius 2 is 2.12 bits per heavy atom. The van der Waals surface area contributed by atoms with Gasteiger partial charge in [-0.1, -0.05) is 13.8 Å². The second-order valence-corrected chi connectivity index (χ2v) is 5.45. The average molecular weight is 240 g/mol. The van der Waals surface area contributed by atoms with Crippen molar-refractivity contribution in [1.29, 1.82) is 0 Å². The summed E-state index contributed by atoms with van der Waals surface area (Å²) in [6.07, 6.45) is 1.27. The maximum absolute atomic E-state index is 11.8. The summed E-state index contributed by atoms with van der Waals surface area (Å²) in [5.74, 6) is 0.00946. The average Bonchev–Trinajstić information content (AvgIpc) is 2.61. The second kappa shape index (κ2) is 4.38. The molecule has 0 atom stereocenters. The molecule has 17 heavy (non-hydrogen) atoms. The summed E-state index contributed by atoms with van der Waals surface area (Å²) >= 11 is 0. The van der Waals surface area contributed by atoms with Crippen molar-refractivity contribution in [2.45, 2.75) is 32.3 Å². The van der Waals surface area contributed by atoms with E-state index >= 15 is 0 Å². The van der Waals surface area contributed by atoms with Gasteiger partial charge in [-0.2, -0.15) is 0 Å². The molecule has 2 aliphatic heterocycles. The van der Waals surface area contributed by atoms with Gasteiger partial charge in [-0.3, -0.25) is 19.4 Å². The highest BCUT2D eigenvalue weighted by atomic mass is 16.3. The zero-order chi connectivity index (χ0) is 12.6. The molecule has 2 rings (SSSR count). The molecule has 2 amide bonds. The van der Waals surface area contributed by atoms with E-state index in [1.807, 2.05) is 18.7 Å². The molecule has 2 saturated heterocycles. The van der Waals surface area contributed by atoms with Gasteiger partial charge in [-0.25, -0.2) is 0 Å². The van der Waals surface area contributed by atoms with Crippen LogP contribution in [-0.2, 0) is 9.59 Å². The van der Waals surface area contributed by atoms with Gasteiger partial charge in [0.15, 0.2) is 0 Å². The van der Waals surface area contributed by atoms with E-state index in [2.05, 4.69) is 0 Å². The van der Waals surface area contributed by atoms with Crippen molar-refractivity contribution in [1.82, 2.24) is 9.80 Å². The number of hydrogen-bond acceptors (Lipinski definition) is 4. The minimum absolute atomic E-state index is 0.0605. The zero-order valence-corrected chi connectivity index (χ0v) is 10.5. The number of imide groups is 1. The van der Waals surface area contributed by atoms with Gasteiger partial charge in [0, 0.05) is 26.1 Å². The fourth-order valence-electron chi connectivity index (χ4n) is 2.39. The van der Waals surface area contributed by atoms with Crippen molar-refractivity contribution >= 4 is 11.8 Å². The maximum atomic E-state index is 11.8. The van der Waals surface area contributed by atoms with Gasteiger partial charge < -0.3 is 5.11 Å². The fourth-order valence-corrected chi connectivity index (χ4v) is 2.39. The lowest BCUT2D eigenvalue weighted by Crippen LogP contribution is -2.65. The van der Waals surface area contributed by atoms with E-state index in [1.165, 1.54) is 4.90 Å². The summed E-state index contributed by atoms with van der Waals surface area (Å²) in [6, 6.07) is 0. The standard InChI is InChI=1S/C12H20N2O3/c1-9(2)12(17)7-13(8-12)6-11(16)14-5-3-4-10(14)15/h9,17H,3-8H2,1-2H3. The van der Waals surface area contributed by atoms with Gasteiger partial charge in [0.2, 0.25) is 11.8 Å². The van der Waals surface area contributed by atoms with Crippen LogP contribution in [0.5, 0.6) is 0 Å². The van der Waals surface area contributed by atoms with Crippen LogP contribution in [0.4, 0.5) is 0 Å². The van der Waals surface area contributed by atoms with Crippen LogP contribution in [0.1, 0.15) is 26.7 Å². The zero-order valence-electron chi connectivity index (χ0n) is 10.5. The quantitative estimate of drug-likeness (QED) is 0.744. The summed E-state index contributed by atoms with van der Waals surface area (Å²) in [6.45, 7) is 5.81. The number of aliphatic hydroxyl groups is 1. The molecule has 2 aliphatic rings. The molecule has 5 nitrogen and oxygen atoms in total. The highest BCUT2D eigenvalue weighted by Gasteiger charge is 2.44. The van der Waals surface area contributed by atoms with Gasteiger partial charge in [-0.05, 0) is 12.3 Å². The molecule has 5 heteroatoms.